The van der Waals surface area contributed by atoms with Gasteiger partial charge >= 0.3 is 0 Å². The van der Waals surface area contributed by atoms with E-state index in [9.17, 15) is 0 Å². The van der Waals surface area contributed by atoms with Crippen LogP contribution in [0.25, 0.3) is 12.2 Å². The maximum absolute atomic E-state index is 2.30. The number of hydrogen-bond donors (Lipinski definition) is 0. The van der Waals surface area contributed by atoms with Crippen molar-refractivity contribution in [1.29, 1.82) is 0 Å². The molecule has 4 aromatic rings. The standard InChI is InChI=1S/C33H37N2/c1-2-3-4-5-6-13-26-34-27-24-30(25-28-34)19-18-29-20-22-33(23-21-29)35(31-14-9-7-10-15-31)32-16-11-8-12-17-32/h7-12,14-25,27-28H,2-6,13,26H2,1H3/q+1. The molecule has 0 aliphatic heterocycles. The molecule has 0 fully saturated rings. The van der Waals surface area contributed by atoms with Gasteiger partial charge in [-0.15, -0.1) is 0 Å². The molecule has 3 aromatic carbocycles. The molecule has 0 N–H and O–H groups in total. The van der Waals surface area contributed by atoms with Crippen molar-refractivity contribution < 1.29 is 4.57 Å². The number of nitrogens with zero attached hydrogens (tertiary/aromatic N) is 2. The molecule has 0 unspecified atom stereocenters. The van der Waals surface area contributed by atoms with Gasteiger partial charge in [0.25, 0.3) is 0 Å². The first-order chi connectivity index (χ1) is 17.3. The number of anilines is 3. The molecular formula is C33H37N2+. The van der Waals surface area contributed by atoms with E-state index in [4.69, 9.17) is 0 Å². The fraction of sp³-hybridized carbons (Fsp3) is 0.242. The third-order valence-electron chi connectivity index (χ3n) is 6.34. The highest BCUT2D eigenvalue weighted by molar-refractivity contribution is 5.77. The summed E-state index contributed by atoms with van der Waals surface area (Å²) in [6.07, 6.45) is 16.8. The first-order valence-corrected chi connectivity index (χ1v) is 13.0. The van der Waals surface area contributed by atoms with Gasteiger partial charge in [0.1, 0.15) is 6.54 Å². The summed E-state index contributed by atoms with van der Waals surface area (Å²) < 4.78 is 2.30. The minimum Gasteiger partial charge on any atom is -0.311 e. The van der Waals surface area contributed by atoms with Gasteiger partial charge in [-0.2, -0.15) is 0 Å². The Morgan fingerprint density at radius 2 is 1.03 bits per heavy atom. The van der Waals surface area contributed by atoms with Gasteiger partial charge in [-0.3, -0.25) is 0 Å². The lowest BCUT2D eigenvalue weighted by molar-refractivity contribution is -0.697. The van der Waals surface area contributed by atoms with E-state index in [1.807, 2.05) is 0 Å². The Balaban J connectivity index is 1.38. The summed E-state index contributed by atoms with van der Waals surface area (Å²) in [6, 6.07) is 34.2. The van der Waals surface area contributed by atoms with Crippen LogP contribution in [0.4, 0.5) is 17.1 Å². The highest BCUT2D eigenvalue weighted by Crippen LogP contribution is 2.34. The Bertz CT molecular complexity index is 1110. The summed E-state index contributed by atoms with van der Waals surface area (Å²) in [6.45, 7) is 3.38. The van der Waals surface area contributed by atoms with Gasteiger partial charge < -0.3 is 4.90 Å². The average Bonchev–Trinajstić information content (AvgIpc) is 2.92. The zero-order chi connectivity index (χ0) is 24.1. The molecule has 0 atom stereocenters. The molecule has 0 aliphatic carbocycles. The maximum atomic E-state index is 2.30. The monoisotopic (exact) mass is 461 g/mol. The number of aryl methyl sites for hydroxylation is 1. The molecule has 0 saturated carbocycles. The molecule has 2 heteroatoms. The second-order valence-electron chi connectivity index (χ2n) is 9.07. The molecule has 0 spiro atoms. The summed E-state index contributed by atoms with van der Waals surface area (Å²) in [7, 11) is 0. The topological polar surface area (TPSA) is 7.12 Å². The van der Waals surface area contributed by atoms with E-state index in [2.05, 4.69) is 138 Å². The van der Waals surface area contributed by atoms with Crippen molar-refractivity contribution in [2.24, 2.45) is 0 Å². The Hall–Kier alpha value is -3.65. The lowest BCUT2D eigenvalue weighted by Gasteiger charge is -2.25. The maximum Gasteiger partial charge on any atom is 0.169 e. The normalized spacial score (nSPS) is 11.1. The van der Waals surface area contributed by atoms with Gasteiger partial charge in [0.15, 0.2) is 12.4 Å². The van der Waals surface area contributed by atoms with E-state index in [0.29, 0.717) is 0 Å². The second-order valence-corrected chi connectivity index (χ2v) is 9.07. The summed E-state index contributed by atoms with van der Waals surface area (Å²) in [5, 5.41) is 0. The molecule has 0 radical (unpaired) electrons. The third-order valence-corrected chi connectivity index (χ3v) is 6.34. The van der Waals surface area contributed by atoms with E-state index in [0.717, 1.165) is 23.6 Å². The highest BCUT2D eigenvalue weighted by Gasteiger charge is 2.11. The molecule has 1 aromatic heterocycles. The molecule has 1 heterocycles. The Kier molecular flexibility index (Phi) is 9.29. The molecule has 4 rings (SSSR count). The lowest BCUT2D eigenvalue weighted by Crippen LogP contribution is -2.32. The molecule has 35 heavy (non-hydrogen) atoms. The highest BCUT2D eigenvalue weighted by atomic mass is 15.1. The minimum atomic E-state index is 1.11. The number of pyridine rings is 1. The largest absolute Gasteiger partial charge is 0.311 e. The molecule has 0 saturated heterocycles. The van der Waals surface area contributed by atoms with Gasteiger partial charge in [0.2, 0.25) is 0 Å². The van der Waals surface area contributed by atoms with Crippen molar-refractivity contribution in [3.05, 3.63) is 121 Å². The molecule has 0 aliphatic rings. The third kappa shape index (κ3) is 7.42. The van der Waals surface area contributed by atoms with Crippen LogP contribution in [0, 0.1) is 0 Å². The van der Waals surface area contributed by atoms with Gasteiger partial charge in [0, 0.05) is 35.6 Å². The number of benzene rings is 3. The smallest absolute Gasteiger partial charge is 0.169 e. The number of rotatable bonds is 12. The van der Waals surface area contributed by atoms with Crippen molar-refractivity contribution in [1.82, 2.24) is 0 Å². The number of para-hydroxylation sites is 2. The van der Waals surface area contributed by atoms with Gasteiger partial charge in [-0.1, -0.05) is 93.3 Å². The summed E-state index contributed by atoms with van der Waals surface area (Å²) in [4.78, 5) is 2.28. The zero-order valence-electron chi connectivity index (χ0n) is 20.9. The summed E-state index contributed by atoms with van der Waals surface area (Å²) in [5.74, 6) is 0. The van der Waals surface area contributed by atoms with Crippen LogP contribution in [0.5, 0.6) is 0 Å². The molecule has 2 nitrogen and oxygen atoms in total. The molecule has 0 bridgehead atoms. The lowest BCUT2D eigenvalue weighted by atomic mass is 10.1. The van der Waals surface area contributed by atoms with Crippen molar-refractivity contribution >= 4 is 29.2 Å². The van der Waals surface area contributed by atoms with Crippen molar-refractivity contribution in [3.63, 3.8) is 0 Å². The van der Waals surface area contributed by atoms with E-state index in [1.165, 1.54) is 49.7 Å². The second kappa shape index (κ2) is 13.3. The number of aromatic nitrogens is 1. The fourth-order valence-corrected chi connectivity index (χ4v) is 4.33. The van der Waals surface area contributed by atoms with Crippen LogP contribution in [-0.2, 0) is 6.54 Å². The van der Waals surface area contributed by atoms with Crippen LogP contribution in [0.3, 0.4) is 0 Å². The van der Waals surface area contributed by atoms with E-state index < -0.39 is 0 Å². The number of unbranched alkanes of at least 4 members (excludes halogenated alkanes) is 5. The zero-order valence-corrected chi connectivity index (χ0v) is 20.9. The fourth-order valence-electron chi connectivity index (χ4n) is 4.33. The van der Waals surface area contributed by atoms with Crippen LogP contribution >= 0.6 is 0 Å². The summed E-state index contributed by atoms with van der Waals surface area (Å²) >= 11 is 0. The average molecular weight is 462 g/mol. The Labute approximate surface area is 211 Å². The molecular weight excluding hydrogens is 424 g/mol. The SMILES string of the molecule is CCCCCCCC[n+]1ccc(/C=C/c2ccc(N(c3ccccc3)c3ccccc3)cc2)cc1. The molecule has 0 amide bonds. The first kappa shape index (κ1) is 24.5. The first-order valence-electron chi connectivity index (χ1n) is 13.0. The van der Waals surface area contributed by atoms with Crippen LogP contribution in [0.1, 0.15) is 56.6 Å². The van der Waals surface area contributed by atoms with Gasteiger partial charge in [0.05, 0.1) is 0 Å². The summed E-state index contributed by atoms with van der Waals surface area (Å²) in [5.41, 5.74) is 5.87. The predicted octanol–water partition coefficient (Wildman–Crippen LogP) is 8.97. The van der Waals surface area contributed by atoms with Crippen LogP contribution in [0.15, 0.2) is 109 Å². The van der Waals surface area contributed by atoms with E-state index in [-0.39, 0.29) is 0 Å². The Morgan fingerprint density at radius 1 is 0.543 bits per heavy atom. The van der Waals surface area contributed by atoms with Crippen LogP contribution in [-0.4, -0.2) is 0 Å². The Morgan fingerprint density at radius 3 is 1.60 bits per heavy atom. The minimum absolute atomic E-state index is 1.11. The van der Waals surface area contributed by atoms with E-state index >= 15 is 0 Å². The van der Waals surface area contributed by atoms with E-state index in [1.54, 1.807) is 0 Å². The van der Waals surface area contributed by atoms with Crippen molar-refractivity contribution in [3.8, 4) is 0 Å². The predicted molar refractivity (Wildman–Crippen MR) is 150 cm³/mol. The van der Waals surface area contributed by atoms with Crippen molar-refractivity contribution in [2.75, 3.05) is 4.90 Å². The van der Waals surface area contributed by atoms with Gasteiger partial charge in [-0.25, -0.2) is 4.57 Å². The molecule has 178 valence electrons. The van der Waals surface area contributed by atoms with Crippen LogP contribution in [0.2, 0.25) is 0 Å². The number of hydrogen-bond acceptors (Lipinski definition) is 1. The van der Waals surface area contributed by atoms with Crippen LogP contribution < -0.4 is 9.47 Å². The van der Waals surface area contributed by atoms with Crippen molar-refractivity contribution in [2.45, 2.75) is 52.0 Å². The quantitative estimate of drug-likeness (QED) is 0.151. The van der Waals surface area contributed by atoms with Gasteiger partial charge in [-0.05, 0) is 53.9 Å².